The first-order valence-electron chi connectivity index (χ1n) is 11.8. The molecular formula is C24H33FN4O5. The van der Waals surface area contributed by atoms with Crippen LogP contribution in [0, 0.1) is 11.7 Å². The van der Waals surface area contributed by atoms with Crippen LogP contribution in [0.2, 0.25) is 0 Å². The number of aromatic amines is 1. The monoisotopic (exact) mass is 476 g/mol. The van der Waals surface area contributed by atoms with Crippen LogP contribution in [-0.4, -0.2) is 46.6 Å². The number of fused-ring (bicyclic) bond motifs is 1. The summed E-state index contributed by atoms with van der Waals surface area (Å²) < 4.78 is 31.2. The van der Waals surface area contributed by atoms with Crippen LogP contribution in [0.15, 0.2) is 21.3 Å². The molecule has 1 aliphatic heterocycles. The Morgan fingerprint density at radius 2 is 2.00 bits per heavy atom. The van der Waals surface area contributed by atoms with Crippen molar-refractivity contribution in [3.05, 3.63) is 28.5 Å². The van der Waals surface area contributed by atoms with Crippen molar-refractivity contribution in [2.24, 2.45) is 5.92 Å². The molecule has 1 amide bonds. The van der Waals surface area contributed by atoms with E-state index in [4.69, 9.17) is 13.9 Å². The number of nitrogens with zero attached hydrogens (tertiary/aromatic N) is 2. The van der Waals surface area contributed by atoms with Gasteiger partial charge in [0.1, 0.15) is 11.7 Å². The zero-order valence-corrected chi connectivity index (χ0v) is 20.3. The Hall–Kier alpha value is -3.04. The fourth-order valence-corrected chi connectivity index (χ4v) is 4.86. The number of H-pyrrole nitrogens is 1. The van der Waals surface area contributed by atoms with Gasteiger partial charge in [-0.25, -0.2) is 19.1 Å². The summed E-state index contributed by atoms with van der Waals surface area (Å²) in [5, 5.41) is 9.02. The summed E-state index contributed by atoms with van der Waals surface area (Å²) in [6.07, 6.45) is 3.01. The van der Waals surface area contributed by atoms with Gasteiger partial charge in [-0.2, -0.15) is 0 Å². The van der Waals surface area contributed by atoms with Gasteiger partial charge in [0.25, 0.3) is 0 Å². The molecule has 34 heavy (non-hydrogen) atoms. The molecule has 0 saturated heterocycles. The van der Waals surface area contributed by atoms with E-state index in [9.17, 15) is 9.59 Å². The zero-order valence-electron chi connectivity index (χ0n) is 20.3. The van der Waals surface area contributed by atoms with Crippen LogP contribution in [0.3, 0.4) is 0 Å². The van der Waals surface area contributed by atoms with Gasteiger partial charge in [0.15, 0.2) is 11.6 Å². The van der Waals surface area contributed by atoms with E-state index >= 15 is 4.39 Å². The maximum absolute atomic E-state index is 15.0. The topological polar surface area (TPSA) is 110 Å². The van der Waals surface area contributed by atoms with Crippen molar-refractivity contribution in [1.82, 2.24) is 15.5 Å². The van der Waals surface area contributed by atoms with Gasteiger partial charge in [-0.3, -0.25) is 0 Å². The van der Waals surface area contributed by atoms with Crippen LogP contribution in [0.5, 0.6) is 5.75 Å². The van der Waals surface area contributed by atoms with Crippen LogP contribution < -0.4 is 20.7 Å². The highest BCUT2D eigenvalue weighted by Crippen LogP contribution is 2.42. The van der Waals surface area contributed by atoms with Gasteiger partial charge >= 0.3 is 11.8 Å². The third kappa shape index (κ3) is 5.37. The van der Waals surface area contributed by atoms with Crippen LogP contribution in [0.1, 0.15) is 60.3 Å². The highest BCUT2D eigenvalue weighted by Gasteiger charge is 2.35. The number of carbonyl (C=O) groups is 1. The van der Waals surface area contributed by atoms with Crippen LogP contribution in [-0.2, 0) is 4.74 Å². The lowest BCUT2D eigenvalue weighted by Gasteiger charge is -2.43. The predicted molar refractivity (Wildman–Crippen MR) is 125 cm³/mol. The van der Waals surface area contributed by atoms with E-state index in [1.54, 1.807) is 6.07 Å². The quantitative estimate of drug-likeness (QED) is 0.680. The van der Waals surface area contributed by atoms with Gasteiger partial charge in [0.2, 0.25) is 5.89 Å². The molecule has 2 heterocycles. The summed E-state index contributed by atoms with van der Waals surface area (Å²) in [6.45, 7) is 10.2. The number of amides is 1. The molecule has 10 heteroatoms. The van der Waals surface area contributed by atoms with Crippen LogP contribution >= 0.6 is 0 Å². The summed E-state index contributed by atoms with van der Waals surface area (Å²) in [6, 6.07) is 3.23. The van der Waals surface area contributed by atoms with Crippen molar-refractivity contribution in [2.45, 2.75) is 84.1 Å². The highest BCUT2D eigenvalue weighted by atomic mass is 19.1. The fraction of sp³-hybridized carbons (Fsp3) is 0.625. The molecule has 1 saturated carbocycles. The smallest absolute Gasteiger partial charge is 0.434 e. The Kier molecular flexibility index (Phi) is 6.60. The highest BCUT2D eigenvalue weighted by molar-refractivity contribution is 5.70. The van der Waals surface area contributed by atoms with Crippen molar-refractivity contribution >= 4 is 11.8 Å². The molecule has 9 nitrogen and oxygen atoms in total. The number of carbonyl (C=O) groups excluding carboxylic acids is 1. The number of ether oxygens (including phenoxy) is 2. The van der Waals surface area contributed by atoms with E-state index in [1.165, 1.54) is 6.07 Å². The van der Waals surface area contributed by atoms with Crippen molar-refractivity contribution in [3.8, 4) is 17.2 Å². The SMILES string of the molecule is C[C@H]1CN([C@@H](C)C2CCC(NC(=O)OC(C)(C)C)CC2)c2cc(-c3n[nH]c(=O)o3)cc(F)c2O1. The van der Waals surface area contributed by atoms with Gasteiger partial charge in [-0.1, -0.05) is 0 Å². The number of hydrogen-bond acceptors (Lipinski definition) is 7. The van der Waals surface area contributed by atoms with Gasteiger partial charge in [0.05, 0.1) is 12.2 Å². The molecule has 1 fully saturated rings. The average molecular weight is 477 g/mol. The molecule has 1 aromatic heterocycles. The first-order valence-corrected chi connectivity index (χ1v) is 11.8. The number of nitrogens with one attached hydrogen (secondary N) is 2. The van der Waals surface area contributed by atoms with Crippen molar-refractivity contribution in [3.63, 3.8) is 0 Å². The summed E-state index contributed by atoms with van der Waals surface area (Å²) in [5.41, 5.74) is 0.471. The Balaban J connectivity index is 1.48. The molecule has 2 atom stereocenters. The Labute approximate surface area is 198 Å². The minimum Gasteiger partial charge on any atom is -0.484 e. The number of alkyl carbamates (subject to hydrolysis) is 1. The first-order chi connectivity index (χ1) is 16.0. The molecule has 0 bridgehead atoms. The lowest BCUT2D eigenvalue weighted by molar-refractivity contribution is 0.0485. The average Bonchev–Trinajstić information content (AvgIpc) is 3.18. The molecule has 2 aliphatic rings. The van der Waals surface area contributed by atoms with E-state index in [0.29, 0.717) is 23.7 Å². The van der Waals surface area contributed by atoms with E-state index in [-0.39, 0.29) is 35.9 Å². The molecule has 2 aromatic rings. The third-order valence-corrected chi connectivity index (χ3v) is 6.46. The molecule has 4 rings (SSSR count). The largest absolute Gasteiger partial charge is 0.484 e. The van der Waals surface area contributed by atoms with Gasteiger partial charge in [-0.05, 0) is 78.4 Å². The second-order valence-corrected chi connectivity index (χ2v) is 10.3. The lowest BCUT2D eigenvalue weighted by Crippen LogP contribution is -2.49. The van der Waals surface area contributed by atoms with Gasteiger partial charge in [-0.15, -0.1) is 5.10 Å². The molecule has 1 aromatic carbocycles. The number of hydrogen-bond donors (Lipinski definition) is 2. The Morgan fingerprint density at radius 3 is 2.62 bits per heavy atom. The lowest BCUT2D eigenvalue weighted by atomic mass is 9.81. The standard InChI is InChI=1S/C24H33FN4O5/c1-13-12-29(14(2)15-6-8-17(9-7-15)26-22(30)34-24(3,4)5)19-11-16(10-18(25)20(19)32-13)21-27-28-23(31)33-21/h10-11,13-15,17H,6-9,12H2,1-5H3,(H,26,30)(H,28,31)/t13-,14-,15?,17?/m0/s1. The third-order valence-electron chi connectivity index (χ3n) is 6.46. The number of benzene rings is 1. The maximum atomic E-state index is 15.0. The summed E-state index contributed by atoms with van der Waals surface area (Å²) >= 11 is 0. The van der Waals surface area contributed by atoms with Crippen molar-refractivity contribution in [2.75, 3.05) is 11.4 Å². The minimum absolute atomic E-state index is 0.0339. The zero-order chi connectivity index (χ0) is 24.6. The number of aromatic nitrogens is 2. The second-order valence-electron chi connectivity index (χ2n) is 10.3. The normalized spacial score (nSPS) is 23.6. The molecule has 1 aliphatic carbocycles. The van der Waals surface area contributed by atoms with Crippen molar-refractivity contribution < 1.29 is 23.1 Å². The van der Waals surface area contributed by atoms with Crippen molar-refractivity contribution in [1.29, 1.82) is 0 Å². The minimum atomic E-state index is -0.694. The number of halogens is 1. The predicted octanol–water partition coefficient (Wildman–Crippen LogP) is 4.23. The van der Waals surface area contributed by atoms with Crippen LogP contribution in [0.25, 0.3) is 11.5 Å². The summed E-state index contributed by atoms with van der Waals surface area (Å²) in [7, 11) is 0. The molecular weight excluding hydrogens is 443 g/mol. The van der Waals surface area contributed by atoms with Gasteiger partial charge in [0, 0.05) is 17.6 Å². The van der Waals surface area contributed by atoms with E-state index in [1.807, 2.05) is 27.7 Å². The molecule has 0 radical (unpaired) electrons. The van der Waals surface area contributed by atoms with Gasteiger partial charge < -0.3 is 24.1 Å². The maximum Gasteiger partial charge on any atom is 0.434 e. The summed E-state index contributed by atoms with van der Waals surface area (Å²) in [5.74, 6) is -0.615. The molecule has 0 unspecified atom stereocenters. The fourth-order valence-electron chi connectivity index (χ4n) is 4.86. The summed E-state index contributed by atoms with van der Waals surface area (Å²) in [4.78, 5) is 25.7. The Morgan fingerprint density at radius 1 is 1.29 bits per heavy atom. The first kappa shape index (κ1) is 24.1. The number of anilines is 1. The van der Waals surface area contributed by atoms with E-state index in [2.05, 4.69) is 27.3 Å². The molecule has 0 spiro atoms. The van der Waals surface area contributed by atoms with E-state index in [0.717, 1.165) is 25.7 Å². The number of rotatable bonds is 4. The Bertz CT molecular complexity index is 1080. The molecule has 2 N–H and O–H groups in total. The van der Waals surface area contributed by atoms with Crippen LogP contribution in [0.4, 0.5) is 14.9 Å². The molecule has 186 valence electrons. The van der Waals surface area contributed by atoms with E-state index < -0.39 is 17.2 Å². The second kappa shape index (κ2) is 9.31.